The molecule has 3 fully saturated rings. The zero-order chi connectivity index (χ0) is 12.1. The molecular formula is C12H14N2O3. The van der Waals surface area contributed by atoms with Crippen molar-refractivity contribution in [1.29, 1.82) is 0 Å². The van der Waals surface area contributed by atoms with Crippen molar-refractivity contribution >= 4 is 6.09 Å². The first-order valence-corrected chi connectivity index (χ1v) is 5.65. The number of aliphatic hydroxyl groups excluding tert-OH is 1. The van der Waals surface area contributed by atoms with Crippen molar-refractivity contribution in [3.8, 4) is 0 Å². The first kappa shape index (κ1) is 10.5. The van der Waals surface area contributed by atoms with E-state index in [0.717, 1.165) is 30.5 Å². The Morgan fingerprint density at radius 3 is 2.59 bits per heavy atom. The van der Waals surface area contributed by atoms with E-state index in [2.05, 4.69) is 10.3 Å². The molecule has 2 bridgehead atoms. The molecule has 0 atom stereocenters. The van der Waals surface area contributed by atoms with Gasteiger partial charge in [0.25, 0.3) is 0 Å². The number of nitrogens with one attached hydrogen (secondary N) is 1. The molecule has 1 amide bonds. The van der Waals surface area contributed by atoms with Crippen LogP contribution in [0.5, 0.6) is 0 Å². The fourth-order valence-corrected chi connectivity index (χ4v) is 3.25. The third-order valence-electron chi connectivity index (χ3n) is 3.95. The fraction of sp³-hybridized carbons (Fsp3) is 0.500. The van der Waals surface area contributed by atoms with E-state index in [-0.39, 0.29) is 17.6 Å². The minimum atomic E-state index is -0.943. The van der Waals surface area contributed by atoms with E-state index in [1.165, 1.54) is 0 Å². The predicted octanol–water partition coefficient (Wildman–Crippen LogP) is 1.02. The summed E-state index contributed by atoms with van der Waals surface area (Å²) in [5, 5.41) is 20.2. The van der Waals surface area contributed by atoms with E-state index in [9.17, 15) is 4.79 Å². The maximum absolute atomic E-state index is 10.6. The van der Waals surface area contributed by atoms with Crippen LogP contribution in [0.4, 0.5) is 4.79 Å². The van der Waals surface area contributed by atoms with Gasteiger partial charge in [0, 0.05) is 22.8 Å². The molecule has 0 radical (unpaired) electrons. The van der Waals surface area contributed by atoms with Crippen LogP contribution in [0, 0.1) is 0 Å². The summed E-state index contributed by atoms with van der Waals surface area (Å²) in [5.41, 5.74) is 1.71. The largest absolute Gasteiger partial charge is 0.465 e. The predicted molar refractivity (Wildman–Crippen MR) is 59.6 cm³/mol. The monoisotopic (exact) mass is 234 g/mol. The molecule has 0 aromatic carbocycles. The van der Waals surface area contributed by atoms with Gasteiger partial charge in [-0.1, -0.05) is 6.07 Å². The second-order valence-electron chi connectivity index (χ2n) is 5.23. The third-order valence-corrected chi connectivity index (χ3v) is 3.95. The molecule has 0 spiro atoms. The number of hydrogen-bond acceptors (Lipinski definition) is 3. The number of hydrogen-bond donors (Lipinski definition) is 3. The van der Waals surface area contributed by atoms with Crippen LogP contribution in [0.1, 0.15) is 30.5 Å². The van der Waals surface area contributed by atoms with Crippen molar-refractivity contribution < 1.29 is 15.0 Å². The standard InChI is InChI=1S/C12H14N2O3/c15-4-8-1-2-9(13-3-8)11-5-12(6-11,7-11)14-10(16)17/h1-3,14-15H,4-7H2,(H,16,17). The average Bonchev–Trinajstić information content (AvgIpc) is 2.21. The fourth-order valence-electron chi connectivity index (χ4n) is 3.25. The molecule has 17 heavy (non-hydrogen) atoms. The molecule has 0 unspecified atom stereocenters. The number of aromatic nitrogens is 1. The molecule has 3 aliphatic carbocycles. The Labute approximate surface area is 98.5 Å². The lowest BCUT2D eigenvalue weighted by atomic mass is 9.38. The highest BCUT2D eigenvalue weighted by atomic mass is 16.4. The van der Waals surface area contributed by atoms with E-state index in [0.29, 0.717) is 0 Å². The van der Waals surface area contributed by atoms with Crippen LogP contribution < -0.4 is 5.32 Å². The summed E-state index contributed by atoms with van der Waals surface area (Å²) < 4.78 is 0. The number of carboxylic acid groups (broad SMARTS) is 1. The number of amides is 1. The highest BCUT2D eigenvalue weighted by Gasteiger charge is 2.69. The number of pyridine rings is 1. The Morgan fingerprint density at radius 1 is 1.41 bits per heavy atom. The lowest BCUT2D eigenvalue weighted by Gasteiger charge is -2.69. The molecule has 3 N–H and O–H groups in total. The van der Waals surface area contributed by atoms with Crippen LogP contribution in [-0.2, 0) is 12.0 Å². The van der Waals surface area contributed by atoms with Crippen LogP contribution >= 0.6 is 0 Å². The third kappa shape index (κ3) is 1.42. The lowest BCUT2D eigenvalue weighted by molar-refractivity contribution is -0.0848. The Kier molecular flexibility index (Phi) is 1.98. The van der Waals surface area contributed by atoms with E-state index in [4.69, 9.17) is 10.2 Å². The summed E-state index contributed by atoms with van der Waals surface area (Å²) in [6, 6.07) is 3.81. The molecule has 0 saturated heterocycles. The number of rotatable bonds is 3. The van der Waals surface area contributed by atoms with Crippen LogP contribution in [0.3, 0.4) is 0 Å². The zero-order valence-corrected chi connectivity index (χ0v) is 9.31. The van der Waals surface area contributed by atoms with Crippen LogP contribution in [-0.4, -0.2) is 26.8 Å². The van der Waals surface area contributed by atoms with E-state index in [1.54, 1.807) is 6.20 Å². The smallest absolute Gasteiger partial charge is 0.405 e. The van der Waals surface area contributed by atoms with Crippen LogP contribution in [0.2, 0.25) is 0 Å². The minimum Gasteiger partial charge on any atom is -0.465 e. The molecule has 5 heteroatoms. The first-order chi connectivity index (χ1) is 8.07. The van der Waals surface area contributed by atoms with Gasteiger partial charge in [0.05, 0.1) is 6.61 Å². The maximum atomic E-state index is 10.6. The summed E-state index contributed by atoms with van der Waals surface area (Å²) in [4.78, 5) is 15.0. The SMILES string of the molecule is O=C(O)NC12CC(c3ccc(CO)cn3)(C1)C2. The quantitative estimate of drug-likeness (QED) is 0.729. The Balaban J connectivity index is 1.71. The molecule has 0 aliphatic heterocycles. The number of nitrogens with zero attached hydrogens (tertiary/aromatic N) is 1. The van der Waals surface area contributed by atoms with Gasteiger partial charge in [0.2, 0.25) is 0 Å². The van der Waals surface area contributed by atoms with Gasteiger partial charge < -0.3 is 15.5 Å². The molecule has 3 aliphatic rings. The Bertz CT molecular complexity index is 449. The summed E-state index contributed by atoms with van der Waals surface area (Å²) >= 11 is 0. The van der Waals surface area contributed by atoms with Gasteiger partial charge in [-0.3, -0.25) is 4.98 Å². The summed E-state index contributed by atoms with van der Waals surface area (Å²) in [6.45, 7) is 0.00475. The van der Waals surface area contributed by atoms with E-state index in [1.807, 2.05) is 12.1 Å². The van der Waals surface area contributed by atoms with Gasteiger partial charge >= 0.3 is 6.09 Å². The summed E-state index contributed by atoms with van der Waals surface area (Å²) in [6.07, 6.45) is 3.28. The van der Waals surface area contributed by atoms with Gasteiger partial charge in [0.15, 0.2) is 0 Å². The molecule has 90 valence electrons. The maximum Gasteiger partial charge on any atom is 0.405 e. The van der Waals surface area contributed by atoms with E-state index < -0.39 is 6.09 Å². The number of carbonyl (C=O) groups is 1. The van der Waals surface area contributed by atoms with Gasteiger partial charge in [-0.05, 0) is 30.9 Å². The molecule has 1 aromatic heterocycles. The zero-order valence-electron chi connectivity index (χ0n) is 9.31. The molecule has 5 nitrogen and oxygen atoms in total. The topological polar surface area (TPSA) is 82.5 Å². The van der Waals surface area contributed by atoms with Crippen molar-refractivity contribution in [3.63, 3.8) is 0 Å². The highest BCUT2D eigenvalue weighted by Crippen LogP contribution is 2.67. The van der Waals surface area contributed by atoms with E-state index >= 15 is 0 Å². The van der Waals surface area contributed by atoms with Gasteiger partial charge in [-0.15, -0.1) is 0 Å². The van der Waals surface area contributed by atoms with Gasteiger partial charge in [-0.25, -0.2) is 4.79 Å². The normalized spacial score (nSPS) is 33.5. The minimum absolute atomic E-state index is 0.00475. The lowest BCUT2D eigenvalue weighted by Crippen LogP contribution is -2.76. The second kappa shape index (κ2) is 3.20. The van der Waals surface area contributed by atoms with Crippen LogP contribution in [0.25, 0.3) is 0 Å². The first-order valence-electron chi connectivity index (χ1n) is 5.65. The molecule has 3 saturated carbocycles. The van der Waals surface area contributed by atoms with Crippen LogP contribution in [0.15, 0.2) is 18.3 Å². The highest BCUT2D eigenvalue weighted by molar-refractivity contribution is 5.67. The van der Waals surface area contributed by atoms with Crippen molar-refractivity contribution in [2.45, 2.75) is 36.8 Å². The van der Waals surface area contributed by atoms with Crippen molar-refractivity contribution in [2.75, 3.05) is 0 Å². The Hall–Kier alpha value is -1.62. The average molecular weight is 234 g/mol. The molecular weight excluding hydrogens is 220 g/mol. The number of aliphatic hydroxyl groups is 1. The second-order valence-corrected chi connectivity index (χ2v) is 5.23. The van der Waals surface area contributed by atoms with Crippen molar-refractivity contribution in [2.24, 2.45) is 0 Å². The van der Waals surface area contributed by atoms with Crippen molar-refractivity contribution in [1.82, 2.24) is 10.3 Å². The van der Waals surface area contributed by atoms with Gasteiger partial charge in [0.1, 0.15) is 0 Å². The van der Waals surface area contributed by atoms with Crippen molar-refractivity contribution in [3.05, 3.63) is 29.6 Å². The summed E-state index contributed by atoms with van der Waals surface area (Å²) in [7, 11) is 0. The molecule has 1 aromatic rings. The molecule has 1 heterocycles. The summed E-state index contributed by atoms with van der Waals surface area (Å²) in [5.74, 6) is 0. The Morgan fingerprint density at radius 2 is 2.12 bits per heavy atom. The molecule has 4 rings (SSSR count). The van der Waals surface area contributed by atoms with Gasteiger partial charge in [-0.2, -0.15) is 0 Å².